The lowest BCUT2D eigenvalue weighted by molar-refractivity contribution is 0.414. The van der Waals surface area contributed by atoms with Crippen molar-refractivity contribution < 1.29 is 9.47 Å². The van der Waals surface area contributed by atoms with Crippen LogP contribution >= 0.6 is 0 Å². The molecule has 4 rings (SSSR count). The van der Waals surface area contributed by atoms with Gasteiger partial charge in [0.25, 0.3) is 0 Å². The largest absolute Gasteiger partial charge is 0.497 e. The van der Waals surface area contributed by atoms with E-state index in [0.717, 1.165) is 51.2 Å². The van der Waals surface area contributed by atoms with E-state index in [1.54, 1.807) is 14.2 Å². The van der Waals surface area contributed by atoms with E-state index in [4.69, 9.17) is 9.47 Å². The van der Waals surface area contributed by atoms with Crippen LogP contribution in [0.1, 0.15) is 5.56 Å². The molecule has 0 aliphatic heterocycles. The number of methoxy groups -OCH3 is 2. The summed E-state index contributed by atoms with van der Waals surface area (Å²) in [4.78, 5) is 0. The lowest BCUT2D eigenvalue weighted by atomic mass is 10.2. The maximum Gasteiger partial charge on any atom is 0.119 e. The third-order valence-corrected chi connectivity index (χ3v) is 5.01. The minimum absolute atomic E-state index is 0.719. The zero-order valence-corrected chi connectivity index (χ0v) is 19.7. The van der Waals surface area contributed by atoms with E-state index in [1.807, 2.05) is 97.9 Å². The number of ether oxygens (including phenoxy) is 2. The third-order valence-electron chi connectivity index (χ3n) is 5.01. The van der Waals surface area contributed by atoms with Crippen molar-refractivity contribution in [3.63, 3.8) is 0 Å². The molecule has 0 fully saturated rings. The Bertz CT molecular complexity index is 1350. The highest BCUT2D eigenvalue weighted by Crippen LogP contribution is 2.29. The first-order valence-electron chi connectivity index (χ1n) is 10.9. The van der Waals surface area contributed by atoms with Gasteiger partial charge < -0.3 is 9.47 Å². The topological polar surface area (TPSA) is 92.6 Å². The van der Waals surface area contributed by atoms with Gasteiger partial charge >= 0.3 is 0 Å². The third kappa shape index (κ3) is 6.64. The molecular formula is C27H24N6O2. The minimum Gasteiger partial charge on any atom is -0.497 e. The van der Waals surface area contributed by atoms with Crippen LogP contribution in [0.5, 0.6) is 11.5 Å². The molecule has 0 aliphatic rings. The summed E-state index contributed by atoms with van der Waals surface area (Å²) in [6.07, 6.45) is 0. The van der Waals surface area contributed by atoms with Crippen LogP contribution in [0.4, 0.5) is 34.1 Å². The molecule has 8 heteroatoms. The van der Waals surface area contributed by atoms with Gasteiger partial charge in [-0.2, -0.15) is 30.7 Å². The summed E-state index contributed by atoms with van der Waals surface area (Å²) in [6, 6.07) is 27.8. The maximum absolute atomic E-state index is 5.15. The van der Waals surface area contributed by atoms with Crippen LogP contribution in [0.2, 0.25) is 0 Å². The van der Waals surface area contributed by atoms with Gasteiger partial charge in [-0.15, -0.1) is 0 Å². The Balaban J connectivity index is 1.37. The molecule has 174 valence electrons. The molecule has 0 aliphatic carbocycles. The molecule has 0 saturated carbocycles. The quantitative estimate of drug-likeness (QED) is 0.243. The number of nitrogens with zero attached hydrogens (tertiary/aromatic N) is 6. The van der Waals surface area contributed by atoms with Crippen molar-refractivity contribution in [2.24, 2.45) is 30.7 Å². The Morgan fingerprint density at radius 3 is 1.17 bits per heavy atom. The van der Waals surface area contributed by atoms with Crippen molar-refractivity contribution in [2.75, 3.05) is 14.2 Å². The Labute approximate surface area is 203 Å². The van der Waals surface area contributed by atoms with E-state index in [1.165, 1.54) is 0 Å². The lowest BCUT2D eigenvalue weighted by Crippen LogP contribution is -1.79. The highest BCUT2D eigenvalue weighted by molar-refractivity contribution is 5.54. The van der Waals surface area contributed by atoms with Crippen molar-refractivity contribution in [1.29, 1.82) is 0 Å². The van der Waals surface area contributed by atoms with Crippen molar-refractivity contribution in [3.8, 4) is 11.5 Å². The number of rotatable bonds is 8. The summed E-state index contributed by atoms with van der Waals surface area (Å²) in [6.45, 7) is 1.96. The summed E-state index contributed by atoms with van der Waals surface area (Å²) < 4.78 is 10.3. The van der Waals surface area contributed by atoms with Gasteiger partial charge in [0.2, 0.25) is 0 Å². The van der Waals surface area contributed by atoms with Gasteiger partial charge in [0.05, 0.1) is 48.3 Å². The van der Waals surface area contributed by atoms with Crippen LogP contribution < -0.4 is 9.47 Å². The van der Waals surface area contributed by atoms with Crippen molar-refractivity contribution in [2.45, 2.75) is 6.92 Å². The van der Waals surface area contributed by atoms with Gasteiger partial charge in [-0.05, 0) is 103 Å². The first-order valence-corrected chi connectivity index (χ1v) is 10.9. The summed E-state index contributed by atoms with van der Waals surface area (Å²) in [5, 5.41) is 25.7. The van der Waals surface area contributed by atoms with E-state index in [2.05, 4.69) is 30.7 Å². The van der Waals surface area contributed by atoms with Gasteiger partial charge in [0.1, 0.15) is 11.5 Å². The fraction of sp³-hybridized carbons (Fsp3) is 0.111. The van der Waals surface area contributed by atoms with E-state index < -0.39 is 0 Å². The molecule has 35 heavy (non-hydrogen) atoms. The Morgan fingerprint density at radius 2 is 0.771 bits per heavy atom. The van der Waals surface area contributed by atoms with Crippen molar-refractivity contribution in [3.05, 3.63) is 96.6 Å². The summed E-state index contributed by atoms with van der Waals surface area (Å²) in [7, 11) is 3.26. The van der Waals surface area contributed by atoms with E-state index in [-0.39, 0.29) is 0 Å². The van der Waals surface area contributed by atoms with E-state index in [9.17, 15) is 0 Å². The number of hydrogen-bond donors (Lipinski definition) is 0. The molecule has 0 saturated heterocycles. The number of aryl methyl sites for hydroxylation is 1. The first-order chi connectivity index (χ1) is 17.1. The monoisotopic (exact) mass is 464 g/mol. The average Bonchev–Trinajstić information content (AvgIpc) is 2.91. The number of hydrogen-bond acceptors (Lipinski definition) is 8. The van der Waals surface area contributed by atoms with Gasteiger partial charge in [0.15, 0.2) is 0 Å². The molecule has 0 spiro atoms. The van der Waals surface area contributed by atoms with Crippen molar-refractivity contribution in [1.82, 2.24) is 0 Å². The summed E-state index contributed by atoms with van der Waals surface area (Å²) >= 11 is 0. The second-order valence-corrected chi connectivity index (χ2v) is 7.48. The Morgan fingerprint density at radius 1 is 0.429 bits per heavy atom. The van der Waals surface area contributed by atoms with E-state index >= 15 is 0 Å². The first kappa shape index (κ1) is 23.4. The highest BCUT2D eigenvalue weighted by atomic mass is 16.5. The van der Waals surface area contributed by atoms with Crippen LogP contribution in [0.25, 0.3) is 0 Å². The smallest absolute Gasteiger partial charge is 0.119 e. The molecule has 0 radical (unpaired) electrons. The zero-order chi connectivity index (χ0) is 24.5. The molecule has 4 aromatic rings. The normalized spacial score (nSPS) is 11.5. The standard InChI is InChI=1S/C27H24N6O2/c1-19-18-24(32-30-23-10-15-26(35-3)16-11-23)12-17-27(19)33-31-21-6-4-20(5-7-21)28-29-22-8-13-25(34-2)14-9-22/h4-18H,1-3H3/b29-28+,32-30+,33-31+. The van der Waals surface area contributed by atoms with Gasteiger partial charge in [-0.25, -0.2) is 0 Å². The zero-order valence-electron chi connectivity index (χ0n) is 19.7. The fourth-order valence-electron chi connectivity index (χ4n) is 3.04. The molecule has 0 bridgehead atoms. The van der Waals surface area contributed by atoms with Gasteiger partial charge in [-0.1, -0.05) is 0 Å². The lowest BCUT2D eigenvalue weighted by Gasteiger charge is -2.01. The molecule has 8 nitrogen and oxygen atoms in total. The summed E-state index contributed by atoms with van der Waals surface area (Å²) in [5.74, 6) is 1.56. The van der Waals surface area contributed by atoms with Gasteiger partial charge in [0, 0.05) is 0 Å². The molecule has 0 atom stereocenters. The van der Waals surface area contributed by atoms with Crippen LogP contribution in [0.3, 0.4) is 0 Å². The van der Waals surface area contributed by atoms with Crippen LogP contribution in [-0.2, 0) is 0 Å². The molecule has 0 unspecified atom stereocenters. The number of azo groups is 3. The molecule has 0 amide bonds. The molecular weight excluding hydrogens is 440 g/mol. The Hall–Kier alpha value is -4.72. The van der Waals surface area contributed by atoms with Crippen LogP contribution in [0, 0.1) is 6.92 Å². The predicted molar refractivity (Wildman–Crippen MR) is 136 cm³/mol. The Kier molecular flexibility index (Phi) is 7.65. The highest BCUT2D eigenvalue weighted by Gasteiger charge is 2.00. The van der Waals surface area contributed by atoms with Gasteiger partial charge in [-0.3, -0.25) is 0 Å². The average molecular weight is 465 g/mol. The summed E-state index contributed by atoms with van der Waals surface area (Å²) in [5.41, 5.74) is 5.39. The molecule has 0 aromatic heterocycles. The van der Waals surface area contributed by atoms with Crippen molar-refractivity contribution >= 4 is 34.1 Å². The van der Waals surface area contributed by atoms with Crippen LogP contribution in [-0.4, -0.2) is 14.2 Å². The second-order valence-electron chi connectivity index (χ2n) is 7.48. The maximum atomic E-state index is 5.15. The second kappa shape index (κ2) is 11.4. The minimum atomic E-state index is 0.719. The van der Waals surface area contributed by atoms with E-state index in [0.29, 0.717) is 0 Å². The van der Waals surface area contributed by atoms with Crippen LogP contribution in [0.15, 0.2) is 122 Å². The fourth-order valence-corrected chi connectivity index (χ4v) is 3.04. The number of benzene rings is 4. The predicted octanol–water partition coefficient (Wildman–Crippen LogP) is 9.26. The molecule has 0 N–H and O–H groups in total. The molecule has 0 heterocycles. The molecule has 4 aromatic carbocycles. The SMILES string of the molecule is COc1ccc(/N=N/c2ccc(/N=N/c3ccc(/N=N/c4ccc(OC)cc4)cc3C)cc2)cc1.